The third-order valence-corrected chi connectivity index (χ3v) is 6.09. The Bertz CT molecular complexity index is 705. The van der Waals surface area contributed by atoms with Gasteiger partial charge in [-0.3, -0.25) is 0 Å². The average Bonchev–Trinajstić information content (AvgIpc) is 3.00. The lowest BCUT2D eigenvalue weighted by Gasteiger charge is -2.36. The van der Waals surface area contributed by atoms with Gasteiger partial charge in [0.2, 0.25) is 15.9 Å². The smallest absolute Gasteiger partial charge is 0.317 e. The number of likely N-dealkylation sites (tertiary alicyclic amines) is 1. The summed E-state index contributed by atoms with van der Waals surface area (Å²) in [5.41, 5.74) is 0. The largest absolute Gasteiger partial charge is 0.339 e. The molecule has 0 atom stereocenters. The van der Waals surface area contributed by atoms with Gasteiger partial charge in [-0.15, -0.1) is 0 Å². The lowest BCUT2D eigenvalue weighted by molar-refractivity contribution is 0.137. The van der Waals surface area contributed by atoms with Gasteiger partial charge in [0.15, 0.2) is 5.82 Å². The fraction of sp³-hybridized carbons (Fsp3) is 0.800. The van der Waals surface area contributed by atoms with E-state index in [1.54, 1.807) is 4.90 Å². The lowest BCUT2D eigenvalue weighted by Crippen LogP contribution is -2.52. The van der Waals surface area contributed by atoms with E-state index in [4.69, 9.17) is 4.52 Å². The minimum Gasteiger partial charge on any atom is -0.339 e. The highest BCUT2D eigenvalue weighted by molar-refractivity contribution is 7.88. The van der Waals surface area contributed by atoms with Crippen LogP contribution in [0, 0.1) is 0 Å². The van der Waals surface area contributed by atoms with Crippen molar-refractivity contribution in [2.75, 3.05) is 39.0 Å². The van der Waals surface area contributed by atoms with Crippen LogP contribution in [-0.2, 0) is 10.0 Å². The van der Waals surface area contributed by atoms with Crippen molar-refractivity contribution in [3.8, 4) is 0 Å². The second-order valence-electron chi connectivity index (χ2n) is 6.76. The van der Waals surface area contributed by atoms with E-state index in [9.17, 15) is 13.2 Å². The molecule has 2 aliphatic rings. The van der Waals surface area contributed by atoms with Crippen LogP contribution in [0.2, 0.25) is 0 Å². The Balaban J connectivity index is 1.50. The molecule has 3 heterocycles. The Labute approximate surface area is 147 Å². The number of nitrogens with one attached hydrogen (secondary N) is 1. The van der Waals surface area contributed by atoms with Gasteiger partial charge in [0.05, 0.1) is 12.2 Å². The highest BCUT2D eigenvalue weighted by atomic mass is 32.2. The number of aromatic nitrogens is 2. The maximum Gasteiger partial charge on any atom is 0.317 e. The Morgan fingerprint density at radius 3 is 2.56 bits per heavy atom. The van der Waals surface area contributed by atoms with E-state index in [1.807, 2.05) is 6.92 Å². The van der Waals surface area contributed by atoms with Crippen LogP contribution in [-0.4, -0.2) is 72.8 Å². The van der Waals surface area contributed by atoms with E-state index in [-0.39, 0.29) is 17.9 Å². The zero-order valence-corrected chi connectivity index (χ0v) is 15.5. The number of amides is 2. The number of piperidine rings is 1. The number of sulfonamides is 1. The predicted molar refractivity (Wildman–Crippen MR) is 90.7 cm³/mol. The molecule has 1 N–H and O–H groups in total. The van der Waals surface area contributed by atoms with Gasteiger partial charge in [-0.25, -0.2) is 17.5 Å². The van der Waals surface area contributed by atoms with Crippen LogP contribution in [0.5, 0.6) is 0 Å². The van der Waals surface area contributed by atoms with Crippen molar-refractivity contribution < 1.29 is 17.7 Å². The summed E-state index contributed by atoms with van der Waals surface area (Å²) in [5, 5.41) is 6.92. The molecule has 3 rings (SSSR count). The van der Waals surface area contributed by atoms with Crippen LogP contribution >= 0.6 is 0 Å². The predicted octanol–water partition coefficient (Wildman–Crippen LogP) is 0.727. The topological polar surface area (TPSA) is 109 Å². The molecule has 0 saturated carbocycles. The van der Waals surface area contributed by atoms with Crippen LogP contribution in [0.15, 0.2) is 4.52 Å². The van der Waals surface area contributed by atoms with Gasteiger partial charge in [0, 0.05) is 38.6 Å². The maximum atomic E-state index is 11.8. The second kappa shape index (κ2) is 7.28. The van der Waals surface area contributed by atoms with Crippen LogP contribution in [0.1, 0.15) is 49.7 Å². The summed E-state index contributed by atoms with van der Waals surface area (Å²) in [5.74, 6) is 1.43. The number of rotatable bonds is 5. The van der Waals surface area contributed by atoms with Gasteiger partial charge in [-0.05, 0) is 19.3 Å². The fourth-order valence-electron chi connectivity index (χ4n) is 3.17. The Morgan fingerprint density at radius 2 is 1.96 bits per heavy atom. The highest BCUT2D eigenvalue weighted by Gasteiger charge is 2.36. The molecule has 25 heavy (non-hydrogen) atoms. The molecule has 9 nitrogen and oxygen atoms in total. The van der Waals surface area contributed by atoms with Gasteiger partial charge in [-0.2, -0.15) is 4.98 Å². The summed E-state index contributed by atoms with van der Waals surface area (Å²) in [7, 11) is -3.13. The third kappa shape index (κ3) is 4.12. The molecule has 1 aromatic heterocycles. The second-order valence-corrected chi connectivity index (χ2v) is 8.74. The molecule has 0 spiro atoms. The van der Waals surface area contributed by atoms with Gasteiger partial charge in [0.25, 0.3) is 0 Å². The Morgan fingerprint density at radius 1 is 1.28 bits per heavy atom. The first-order valence-corrected chi connectivity index (χ1v) is 10.5. The highest BCUT2D eigenvalue weighted by Crippen LogP contribution is 2.30. The molecule has 2 saturated heterocycles. The number of nitrogens with zero attached hydrogens (tertiary/aromatic N) is 4. The summed E-state index contributed by atoms with van der Waals surface area (Å²) >= 11 is 0. The first-order valence-electron chi connectivity index (χ1n) is 8.70. The molecule has 0 unspecified atom stereocenters. The monoisotopic (exact) mass is 371 g/mol. The van der Waals surface area contributed by atoms with Crippen molar-refractivity contribution >= 4 is 16.1 Å². The van der Waals surface area contributed by atoms with Crippen molar-refractivity contribution in [2.24, 2.45) is 0 Å². The van der Waals surface area contributed by atoms with E-state index < -0.39 is 10.0 Å². The first-order chi connectivity index (χ1) is 11.9. The summed E-state index contributed by atoms with van der Waals surface area (Å²) < 4.78 is 30.0. The fourth-order valence-corrected chi connectivity index (χ4v) is 4.04. The summed E-state index contributed by atoms with van der Waals surface area (Å²) in [6.45, 7) is 4.84. The van der Waals surface area contributed by atoms with Crippen LogP contribution in [0.4, 0.5) is 4.79 Å². The van der Waals surface area contributed by atoms with E-state index in [0.29, 0.717) is 57.3 Å². The van der Waals surface area contributed by atoms with E-state index in [1.165, 1.54) is 10.6 Å². The van der Waals surface area contributed by atoms with Crippen LogP contribution in [0.25, 0.3) is 0 Å². The molecule has 0 aliphatic carbocycles. The maximum absolute atomic E-state index is 11.8. The molecule has 2 amide bonds. The van der Waals surface area contributed by atoms with E-state index in [2.05, 4.69) is 15.5 Å². The minimum atomic E-state index is -3.13. The summed E-state index contributed by atoms with van der Waals surface area (Å²) in [6, 6.07) is -0.0500. The number of hydrogen-bond donors (Lipinski definition) is 1. The molecule has 0 radical (unpaired) electrons. The van der Waals surface area contributed by atoms with Crippen LogP contribution in [0.3, 0.4) is 0 Å². The molecule has 1 aromatic rings. The standard InChI is InChI=1S/C15H25N5O4S/c1-3-6-16-15(21)19-9-12(10-19)14-17-13(18-24-14)11-4-7-20(8-5-11)25(2,22)23/h11-12H,3-10H2,1-2H3,(H,16,21). The van der Waals surface area contributed by atoms with Gasteiger partial charge in [0.1, 0.15) is 0 Å². The molecular weight excluding hydrogens is 346 g/mol. The summed E-state index contributed by atoms with van der Waals surface area (Å²) in [6.07, 6.45) is 3.54. The molecular formula is C15H25N5O4S. The molecule has 10 heteroatoms. The van der Waals surface area contributed by atoms with Crippen LogP contribution < -0.4 is 5.32 Å². The Kier molecular flexibility index (Phi) is 5.28. The number of urea groups is 1. The number of carbonyl (C=O) groups is 1. The summed E-state index contributed by atoms with van der Waals surface area (Å²) in [4.78, 5) is 18.0. The Hall–Kier alpha value is -1.68. The molecule has 2 aliphatic heterocycles. The van der Waals surface area contributed by atoms with E-state index >= 15 is 0 Å². The van der Waals surface area contributed by atoms with Crippen molar-refractivity contribution in [1.29, 1.82) is 0 Å². The number of carbonyl (C=O) groups excluding carboxylic acids is 1. The molecule has 140 valence electrons. The van der Waals surface area contributed by atoms with Crippen molar-refractivity contribution in [3.63, 3.8) is 0 Å². The van der Waals surface area contributed by atoms with E-state index in [0.717, 1.165) is 6.42 Å². The SMILES string of the molecule is CCCNC(=O)N1CC(c2nc(C3CCN(S(C)(=O)=O)CC3)no2)C1. The van der Waals surface area contributed by atoms with Gasteiger partial charge in [-0.1, -0.05) is 12.1 Å². The zero-order chi connectivity index (χ0) is 18.0. The van der Waals surface area contributed by atoms with Crippen molar-refractivity contribution in [1.82, 2.24) is 24.7 Å². The third-order valence-electron chi connectivity index (χ3n) is 4.79. The zero-order valence-electron chi connectivity index (χ0n) is 14.6. The van der Waals surface area contributed by atoms with Crippen molar-refractivity contribution in [2.45, 2.75) is 38.0 Å². The quantitative estimate of drug-likeness (QED) is 0.817. The average molecular weight is 371 g/mol. The number of hydrogen-bond acceptors (Lipinski definition) is 6. The molecule has 2 fully saturated rings. The van der Waals surface area contributed by atoms with Gasteiger partial charge < -0.3 is 14.7 Å². The molecule has 0 aromatic carbocycles. The lowest BCUT2D eigenvalue weighted by atomic mass is 9.97. The molecule has 0 bridgehead atoms. The van der Waals surface area contributed by atoms with Crippen molar-refractivity contribution in [3.05, 3.63) is 11.7 Å². The minimum absolute atomic E-state index is 0.0500. The first kappa shape index (κ1) is 18.1. The van der Waals surface area contributed by atoms with Gasteiger partial charge >= 0.3 is 6.03 Å². The normalized spacial score (nSPS) is 20.5.